The number of rotatable bonds is 8. The Hall–Kier alpha value is -1.74. The van der Waals surface area contributed by atoms with Crippen LogP contribution >= 0.6 is 0 Å². The molecular formula is C24H34N2O4S2. The van der Waals surface area contributed by atoms with Crippen molar-refractivity contribution in [3.63, 3.8) is 0 Å². The van der Waals surface area contributed by atoms with Crippen LogP contribution in [0.1, 0.15) is 51.2 Å². The summed E-state index contributed by atoms with van der Waals surface area (Å²) in [5, 5.41) is 0. The smallest absolute Gasteiger partial charge is 0.207 e. The summed E-state index contributed by atoms with van der Waals surface area (Å²) in [5.74, 6) is 0.874. The molecule has 1 saturated heterocycles. The third-order valence-electron chi connectivity index (χ3n) is 6.10. The van der Waals surface area contributed by atoms with E-state index in [0.29, 0.717) is 11.8 Å². The molecule has 1 aliphatic rings. The topological polar surface area (TPSA) is 74.8 Å². The minimum Gasteiger partial charge on any atom is -0.207 e. The highest BCUT2D eigenvalue weighted by molar-refractivity contribution is 7.89. The van der Waals surface area contributed by atoms with E-state index in [1.54, 1.807) is 24.3 Å². The molecule has 1 aliphatic heterocycles. The van der Waals surface area contributed by atoms with Gasteiger partial charge in [0, 0.05) is 26.2 Å². The summed E-state index contributed by atoms with van der Waals surface area (Å²) in [6.45, 7) is 9.02. The normalized spacial score (nSPS) is 17.5. The van der Waals surface area contributed by atoms with Gasteiger partial charge in [0.15, 0.2) is 0 Å². The third kappa shape index (κ3) is 5.42. The van der Waals surface area contributed by atoms with Gasteiger partial charge in [0.1, 0.15) is 0 Å². The molecule has 0 aromatic heterocycles. The van der Waals surface area contributed by atoms with Crippen LogP contribution < -0.4 is 0 Å². The Balaban J connectivity index is 1.68. The minimum atomic E-state index is -3.65. The maximum atomic E-state index is 13.0. The molecule has 32 heavy (non-hydrogen) atoms. The highest BCUT2D eigenvalue weighted by Crippen LogP contribution is 2.25. The van der Waals surface area contributed by atoms with Crippen molar-refractivity contribution >= 4 is 20.0 Å². The molecule has 1 atom stereocenters. The van der Waals surface area contributed by atoms with E-state index in [9.17, 15) is 16.8 Å². The molecule has 0 amide bonds. The van der Waals surface area contributed by atoms with Crippen molar-refractivity contribution in [3.05, 3.63) is 59.7 Å². The molecule has 2 aromatic rings. The van der Waals surface area contributed by atoms with Gasteiger partial charge in [0.25, 0.3) is 0 Å². The van der Waals surface area contributed by atoms with Crippen LogP contribution in [-0.2, 0) is 26.5 Å². The molecule has 3 rings (SSSR count). The van der Waals surface area contributed by atoms with Crippen LogP contribution in [0.5, 0.6) is 0 Å². The quantitative estimate of drug-likeness (QED) is 0.573. The lowest BCUT2D eigenvalue weighted by Gasteiger charge is -2.33. The van der Waals surface area contributed by atoms with Gasteiger partial charge in [-0.05, 0) is 60.1 Å². The molecule has 6 nitrogen and oxygen atoms in total. The molecule has 2 aromatic carbocycles. The highest BCUT2D eigenvalue weighted by atomic mass is 32.2. The summed E-state index contributed by atoms with van der Waals surface area (Å²) in [6.07, 6.45) is 1.89. The van der Waals surface area contributed by atoms with Gasteiger partial charge in [-0.25, -0.2) is 16.8 Å². The van der Waals surface area contributed by atoms with Gasteiger partial charge in [-0.3, -0.25) is 0 Å². The van der Waals surface area contributed by atoms with E-state index in [1.807, 2.05) is 24.3 Å². The Bertz CT molecular complexity index is 1100. The summed E-state index contributed by atoms with van der Waals surface area (Å²) < 4.78 is 54.9. The second-order valence-electron chi connectivity index (χ2n) is 8.93. The van der Waals surface area contributed by atoms with Crippen LogP contribution in [0, 0.1) is 5.92 Å². The molecule has 176 valence electrons. The predicted molar refractivity (Wildman–Crippen MR) is 128 cm³/mol. The Kier molecular flexibility index (Phi) is 7.81. The number of hydrogen-bond donors (Lipinski definition) is 0. The van der Waals surface area contributed by atoms with Crippen molar-refractivity contribution in [3.8, 4) is 0 Å². The predicted octanol–water partition coefficient (Wildman–Crippen LogP) is 4.09. The molecule has 8 heteroatoms. The molecule has 0 N–H and O–H groups in total. The number of sulfonamides is 2. The zero-order chi connectivity index (χ0) is 23.5. The van der Waals surface area contributed by atoms with E-state index < -0.39 is 20.0 Å². The molecule has 1 fully saturated rings. The SMILES string of the molecule is CCC(C)c1ccc(S(=O)(=O)N2CCN(S(=O)(=O)c3ccc(CC(C)C)cc3)CC2)cc1. The van der Waals surface area contributed by atoms with Gasteiger partial charge in [0.05, 0.1) is 9.79 Å². The summed E-state index contributed by atoms with van der Waals surface area (Å²) in [7, 11) is -7.30. The molecule has 0 bridgehead atoms. The first-order valence-electron chi connectivity index (χ1n) is 11.2. The maximum Gasteiger partial charge on any atom is 0.243 e. The van der Waals surface area contributed by atoms with Crippen molar-refractivity contribution in [2.45, 2.75) is 56.2 Å². The van der Waals surface area contributed by atoms with Gasteiger partial charge >= 0.3 is 0 Å². The van der Waals surface area contributed by atoms with Crippen LogP contribution in [0.25, 0.3) is 0 Å². The van der Waals surface area contributed by atoms with Crippen molar-refractivity contribution in [2.24, 2.45) is 5.92 Å². The zero-order valence-electron chi connectivity index (χ0n) is 19.4. The molecule has 1 unspecified atom stereocenters. The van der Waals surface area contributed by atoms with Crippen LogP contribution in [0.4, 0.5) is 0 Å². The largest absolute Gasteiger partial charge is 0.243 e. The Morgan fingerprint density at radius 2 is 1.12 bits per heavy atom. The van der Waals surface area contributed by atoms with E-state index in [1.165, 1.54) is 8.61 Å². The second-order valence-corrected chi connectivity index (χ2v) is 12.8. The first kappa shape index (κ1) is 24.9. The zero-order valence-corrected chi connectivity index (χ0v) is 21.0. The van der Waals surface area contributed by atoms with Crippen molar-refractivity contribution in [1.82, 2.24) is 8.61 Å². The molecule has 0 aliphatic carbocycles. The van der Waals surface area contributed by atoms with E-state index >= 15 is 0 Å². The average Bonchev–Trinajstić information content (AvgIpc) is 2.78. The van der Waals surface area contributed by atoms with E-state index in [4.69, 9.17) is 0 Å². The Morgan fingerprint density at radius 1 is 0.719 bits per heavy atom. The van der Waals surface area contributed by atoms with Gasteiger partial charge in [-0.15, -0.1) is 0 Å². The molecule has 0 spiro atoms. The molecule has 1 heterocycles. The van der Waals surface area contributed by atoms with Gasteiger partial charge in [-0.1, -0.05) is 52.0 Å². The molecule has 0 radical (unpaired) electrons. The lowest BCUT2D eigenvalue weighted by Crippen LogP contribution is -2.50. The van der Waals surface area contributed by atoms with Crippen molar-refractivity contribution in [1.29, 1.82) is 0 Å². The van der Waals surface area contributed by atoms with Gasteiger partial charge in [0.2, 0.25) is 20.0 Å². The summed E-state index contributed by atoms with van der Waals surface area (Å²) in [4.78, 5) is 0.503. The average molecular weight is 479 g/mol. The van der Waals surface area contributed by atoms with Crippen molar-refractivity contribution in [2.75, 3.05) is 26.2 Å². The third-order valence-corrected chi connectivity index (χ3v) is 9.93. The van der Waals surface area contributed by atoms with Crippen molar-refractivity contribution < 1.29 is 16.8 Å². The lowest BCUT2D eigenvalue weighted by molar-refractivity contribution is 0.273. The fourth-order valence-electron chi connectivity index (χ4n) is 3.92. The molecule has 0 saturated carbocycles. The summed E-state index contributed by atoms with van der Waals surface area (Å²) in [6, 6.07) is 14.0. The summed E-state index contributed by atoms with van der Waals surface area (Å²) >= 11 is 0. The fourth-order valence-corrected chi connectivity index (χ4v) is 6.77. The first-order valence-corrected chi connectivity index (χ1v) is 14.1. The Morgan fingerprint density at radius 3 is 1.50 bits per heavy atom. The lowest BCUT2D eigenvalue weighted by atomic mass is 9.99. The monoisotopic (exact) mass is 478 g/mol. The number of benzene rings is 2. The second kappa shape index (κ2) is 10.0. The van der Waals surface area contributed by atoms with E-state index in [-0.39, 0.29) is 36.0 Å². The number of hydrogen-bond acceptors (Lipinski definition) is 4. The van der Waals surface area contributed by atoms with Gasteiger partial charge in [-0.2, -0.15) is 8.61 Å². The minimum absolute atomic E-state index is 0.139. The van der Waals surface area contributed by atoms with Gasteiger partial charge < -0.3 is 0 Å². The van der Waals surface area contributed by atoms with E-state index in [2.05, 4.69) is 27.7 Å². The standard InChI is InChI=1S/C24H34N2O4S2/c1-5-20(4)22-8-12-24(13-9-22)32(29,30)26-16-14-25(15-17-26)31(27,28)23-10-6-21(7-11-23)18-19(2)3/h6-13,19-20H,5,14-18H2,1-4H3. The Labute approximate surface area is 193 Å². The van der Waals surface area contributed by atoms with Crippen LogP contribution in [-0.4, -0.2) is 51.6 Å². The maximum absolute atomic E-state index is 13.0. The number of nitrogens with zero attached hydrogens (tertiary/aromatic N) is 2. The fraction of sp³-hybridized carbons (Fsp3) is 0.500. The first-order chi connectivity index (χ1) is 15.1. The number of piperazine rings is 1. The van der Waals surface area contributed by atoms with Crippen LogP contribution in [0.15, 0.2) is 58.3 Å². The van der Waals surface area contributed by atoms with Crippen LogP contribution in [0.2, 0.25) is 0 Å². The van der Waals surface area contributed by atoms with E-state index in [0.717, 1.165) is 24.0 Å². The van der Waals surface area contributed by atoms with Crippen LogP contribution in [0.3, 0.4) is 0 Å². The molecular weight excluding hydrogens is 444 g/mol. The summed E-state index contributed by atoms with van der Waals surface area (Å²) in [5.41, 5.74) is 2.22. The highest BCUT2D eigenvalue weighted by Gasteiger charge is 2.33.